The zero-order chi connectivity index (χ0) is 17.0. The van der Waals surface area contributed by atoms with Gasteiger partial charge in [-0.1, -0.05) is 18.2 Å². The minimum Gasteiger partial charge on any atom is -0.490 e. The number of methoxy groups -OCH3 is 1. The number of nitrogens with zero attached hydrogens (tertiary/aromatic N) is 1. The molecule has 1 fully saturated rings. The van der Waals surface area contributed by atoms with Crippen molar-refractivity contribution in [1.82, 2.24) is 10.6 Å². The molecule has 1 aromatic rings. The van der Waals surface area contributed by atoms with Crippen molar-refractivity contribution in [1.29, 1.82) is 0 Å². The average molecular weight is 333 g/mol. The van der Waals surface area contributed by atoms with Crippen LogP contribution in [0.2, 0.25) is 0 Å². The molecule has 0 aliphatic heterocycles. The van der Waals surface area contributed by atoms with Crippen molar-refractivity contribution in [2.45, 2.75) is 51.7 Å². The van der Waals surface area contributed by atoms with E-state index in [1.807, 2.05) is 12.1 Å². The molecule has 0 saturated heterocycles. The number of para-hydroxylation sites is 1. The summed E-state index contributed by atoms with van der Waals surface area (Å²) in [4.78, 5) is 4.69. The third-order valence-electron chi connectivity index (χ3n) is 4.14. The lowest BCUT2D eigenvalue weighted by molar-refractivity contribution is 0.195. The highest BCUT2D eigenvalue weighted by Gasteiger charge is 2.17. The van der Waals surface area contributed by atoms with Gasteiger partial charge in [0.05, 0.1) is 12.6 Å². The first-order valence-electron chi connectivity index (χ1n) is 9.09. The molecule has 1 saturated carbocycles. The SMILES string of the molecule is CCNC(=NCc1ccccc1OC1CCCC1)NCCCOC. The number of hydrogen-bond donors (Lipinski definition) is 2. The number of ether oxygens (including phenoxy) is 2. The molecule has 0 unspecified atom stereocenters. The predicted octanol–water partition coefficient (Wildman–Crippen LogP) is 3.10. The Balaban J connectivity index is 1.93. The molecule has 0 spiro atoms. The zero-order valence-corrected chi connectivity index (χ0v) is 15.0. The van der Waals surface area contributed by atoms with Crippen LogP contribution in [0.3, 0.4) is 0 Å². The molecule has 1 aliphatic carbocycles. The first-order valence-corrected chi connectivity index (χ1v) is 9.09. The minimum atomic E-state index is 0.371. The van der Waals surface area contributed by atoms with E-state index in [0.717, 1.165) is 43.4 Å². The van der Waals surface area contributed by atoms with Crippen molar-refractivity contribution < 1.29 is 9.47 Å². The molecule has 0 radical (unpaired) electrons. The average Bonchev–Trinajstić information content (AvgIpc) is 3.10. The molecular formula is C19H31N3O2. The van der Waals surface area contributed by atoms with Crippen molar-refractivity contribution in [2.75, 3.05) is 26.8 Å². The quantitative estimate of drug-likeness (QED) is 0.414. The van der Waals surface area contributed by atoms with Gasteiger partial charge in [-0.3, -0.25) is 0 Å². The standard InChI is InChI=1S/C19H31N3O2/c1-3-20-19(21-13-8-14-23-2)22-15-16-9-4-7-12-18(16)24-17-10-5-6-11-17/h4,7,9,12,17H,3,5-6,8,10-11,13-15H2,1-2H3,(H2,20,21,22). The molecular weight excluding hydrogens is 302 g/mol. The van der Waals surface area contributed by atoms with E-state index in [1.54, 1.807) is 7.11 Å². The van der Waals surface area contributed by atoms with E-state index in [1.165, 1.54) is 25.7 Å². The second-order valence-corrected chi connectivity index (χ2v) is 6.10. The molecule has 0 aromatic heterocycles. The summed E-state index contributed by atoms with van der Waals surface area (Å²) in [5.41, 5.74) is 1.14. The summed E-state index contributed by atoms with van der Waals surface area (Å²) in [7, 11) is 1.72. The number of guanidine groups is 1. The van der Waals surface area contributed by atoms with Crippen LogP contribution in [-0.4, -0.2) is 38.9 Å². The zero-order valence-electron chi connectivity index (χ0n) is 15.0. The lowest BCUT2D eigenvalue weighted by Crippen LogP contribution is -2.38. The van der Waals surface area contributed by atoms with Crippen LogP contribution in [0.1, 0.15) is 44.6 Å². The van der Waals surface area contributed by atoms with Gasteiger partial charge in [0.2, 0.25) is 0 Å². The summed E-state index contributed by atoms with van der Waals surface area (Å²) in [5.74, 6) is 1.81. The van der Waals surface area contributed by atoms with Gasteiger partial charge in [0.15, 0.2) is 5.96 Å². The van der Waals surface area contributed by atoms with Crippen molar-refractivity contribution in [3.8, 4) is 5.75 Å². The Kier molecular flexibility index (Phi) is 8.46. The monoisotopic (exact) mass is 333 g/mol. The van der Waals surface area contributed by atoms with Gasteiger partial charge in [0, 0.05) is 32.4 Å². The maximum absolute atomic E-state index is 6.19. The summed E-state index contributed by atoms with van der Waals surface area (Å²) >= 11 is 0. The van der Waals surface area contributed by atoms with Gasteiger partial charge in [-0.15, -0.1) is 0 Å². The second-order valence-electron chi connectivity index (χ2n) is 6.10. The molecule has 0 bridgehead atoms. The first kappa shape index (κ1) is 18.6. The normalized spacial score (nSPS) is 15.5. The first-order chi connectivity index (χ1) is 11.8. The fourth-order valence-electron chi connectivity index (χ4n) is 2.86. The topological polar surface area (TPSA) is 54.9 Å². The van der Waals surface area contributed by atoms with Crippen LogP contribution >= 0.6 is 0 Å². The lowest BCUT2D eigenvalue weighted by atomic mass is 10.2. The molecule has 24 heavy (non-hydrogen) atoms. The fraction of sp³-hybridized carbons (Fsp3) is 0.632. The van der Waals surface area contributed by atoms with Gasteiger partial charge >= 0.3 is 0 Å². The summed E-state index contributed by atoms with van der Waals surface area (Å²) in [5, 5.41) is 6.62. The molecule has 0 atom stereocenters. The highest BCUT2D eigenvalue weighted by Crippen LogP contribution is 2.26. The van der Waals surface area contributed by atoms with E-state index in [4.69, 9.17) is 14.5 Å². The Morgan fingerprint density at radius 1 is 1.21 bits per heavy atom. The third-order valence-corrected chi connectivity index (χ3v) is 4.14. The number of aliphatic imine (C=N–C) groups is 1. The second kappa shape index (κ2) is 10.9. The summed E-state index contributed by atoms with van der Waals surface area (Å²) in [6.45, 7) is 5.13. The Morgan fingerprint density at radius 3 is 2.75 bits per heavy atom. The van der Waals surface area contributed by atoms with E-state index in [9.17, 15) is 0 Å². The van der Waals surface area contributed by atoms with Crippen molar-refractivity contribution in [3.05, 3.63) is 29.8 Å². The van der Waals surface area contributed by atoms with E-state index in [0.29, 0.717) is 12.6 Å². The van der Waals surface area contributed by atoms with Crippen LogP contribution in [0.4, 0.5) is 0 Å². The predicted molar refractivity (Wildman–Crippen MR) is 98.6 cm³/mol. The van der Waals surface area contributed by atoms with Crippen LogP contribution in [-0.2, 0) is 11.3 Å². The minimum absolute atomic E-state index is 0.371. The molecule has 0 amide bonds. The molecule has 5 nitrogen and oxygen atoms in total. The van der Waals surface area contributed by atoms with Gasteiger partial charge in [0.25, 0.3) is 0 Å². The summed E-state index contributed by atoms with van der Waals surface area (Å²) < 4.78 is 11.3. The fourth-order valence-corrected chi connectivity index (χ4v) is 2.86. The van der Waals surface area contributed by atoms with E-state index < -0.39 is 0 Å². The van der Waals surface area contributed by atoms with Gasteiger partial charge < -0.3 is 20.1 Å². The summed E-state index contributed by atoms with van der Waals surface area (Å²) in [6.07, 6.45) is 6.22. The van der Waals surface area contributed by atoms with Crippen LogP contribution in [0, 0.1) is 0 Å². The highest BCUT2D eigenvalue weighted by atomic mass is 16.5. The molecule has 2 rings (SSSR count). The van der Waals surface area contributed by atoms with Gasteiger partial charge in [-0.25, -0.2) is 4.99 Å². The van der Waals surface area contributed by atoms with E-state index >= 15 is 0 Å². The number of hydrogen-bond acceptors (Lipinski definition) is 3. The van der Waals surface area contributed by atoms with Gasteiger partial charge in [-0.2, -0.15) is 0 Å². The molecule has 2 N–H and O–H groups in total. The Hall–Kier alpha value is -1.75. The maximum atomic E-state index is 6.19. The van der Waals surface area contributed by atoms with Crippen LogP contribution in [0.25, 0.3) is 0 Å². The third kappa shape index (κ3) is 6.40. The Bertz CT molecular complexity index is 499. The highest BCUT2D eigenvalue weighted by molar-refractivity contribution is 5.79. The number of nitrogens with one attached hydrogen (secondary N) is 2. The van der Waals surface area contributed by atoms with Crippen molar-refractivity contribution in [2.24, 2.45) is 4.99 Å². The van der Waals surface area contributed by atoms with Crippen LogP contribution < -0.4 is 15.4 Å². The lowest BCUT2D eigenvalue weighted by Gasteiger charge is -2.16. The molecule has 134 valence electrons. The maximum Gasteiger partial charge on any atom is 0.191 e. The van der Waals surface area contributed by atoms with Crippen molar-refractivity contribution >= 4 is 5.96 Å². The van der Waals surface area contributed by atoms with Crippen LogP contribution in [0.15, 0.2) is 29.3 Å². The Labute approximate surface area is 145 Å². The van der Waals surface area contributed by atoms with E-state index in [-0.39, 0.29) is 0 Å². The Morgan fingerprint density at radius 2 is 2.00 bits per heavy atom. The number of benzene rings is 1. The molecule has 1 aliphatic rings. The largest absolute Gasteiger partial charge is 0.490 e. The van der Waals surface area contributed by atoms with Gasteiger partial charge in [0.1, 0.15) is 5.75 Å². The van der Waals surface area contributed by atoms with Gasteiger partial charge in [-0.05, 0) is 45.1 Å². The van der Waals surface area contributed by atoms with Crippen molar-refractivity contribution in [3.63, 3.8) is 0 Å². The van der Waals surface area contributed by atoms with Crippen LogP contribution in [0.5, 0.6) is 5.75 Å². The molecule has 1 aromatic carbocycles. The molecule has 0 heterocycles. The summed E-state index contributed by atoms with van der Waals surface area (Å²) in [6, 6.07) is 8.24. The van der Waals surface area contributed by atoms with E-state index in [2.05, 4.69) is 29.7 Å². The smallest absolute Gasteiger partial charge is 0.191 e. The molecule has 5 heteroatoms. The number of rotatable bonds is 9.